The Morgan fingerprint density at radius 2 is 1.58 bits per heavy atom. The van der Waals surface area contributed by atoms with Crippen LogP contribution in [-0.2, 0) is 21.4 Å². The van der Waals surface area contributed by atoms with Crippen LogP contribution in [0.25, 0.3) is 6.08 Å². The van der Waals surface area contributed by atoms with Crippen LogP contribution in [0.1, 0.15) is 21.5 Å². The van der Waals surface area contributed by atoms with E-state index in [1.807, 2.05) is 36.4 Å². The Bertz CT molecular complexity index is 1230. The van der Waals surface area contributed by atoms with E-state index in [1.165, 1.54) is 19.2 Å². The van der Waals surface area contributed by atoms with Crippen molar-refractivity contribution in [1.82, 2.24) is 9.62 Å². The average molecular weight is 464 g/mol. The third kappa shape index (κ3) is 7.13. The molecule has 0 spiro atoms. The minimum atomic E-state index is -3.90. The van der Waals surface area contributed by atoms with Crippen molar-refractivity contribution in [3.63, 3.8) is 0 Å². The second kappa shape index (κ2) is 11.2. The molecule has 170 valence electrons. The Kier molecular flexibility index (Phi) is 8.12. The van der Waals surface area contributed by atoms with Gasteiger partial charge in [-0.15, -0.1) is 0 Å². The first kappa shape index (κ1) is 23.9. The van der Waals surface area contributed by atoms with Crippen molar-refractivity contribution >= 4 is 33.6 Å². The number of carbonyl (C=O) groups is 2. The predicted molar refractivity (Wildman–Crippen MR) is 130 cm³/mol. The Balaban J connectivity index is 1.80. The topological polar surface area (TPSA) is 95.6 Å². The fraction of sp³-hybridized carbons (Fsp3) is 0.120. The molecule has 0 aliphatic heterocycles. The Hall–Kier alpha value is -3.75. The van der Waals surface area contributed by atoms with Gasteiger partial charge in [0.2, 0.25) is 15.9 Å². The number of carbonyl (C=O) groups excluding carboxylic acids is 2. The van der Waals surface area contributed by atoms with Crippen molar-refractivity contribution < 1.29 is 18.0 Å². The summed E-state index contributed by atoms with van der Waals surface area (Å²) in [5.41, 5.74) is 2.27. The smallest absolute Gasteiger partial charge is 0.251 e. The average Bonchev–Trinajstić information content (AvgIpc) is 2.83. The largest absolute Gasteiger partial charge is 0.355 e. The van der Waals surface area contributed by atoms with Crippen LogP contribution < -0.4 is 10.6 Å². The molecule has 0 fully saturated rings. The Morgan fingerprint density at radius 1 is 0.909 bits per heavy atom. The molecule has 7 nitrogen and oxygen atoms in total. The van der Waals surface area contributed by atoms with Crippen LogP contribution in [0.15, 0.2) is 90.3 Å². The Labute approximate surface area is 193 Å². The molecule has 3 aromatic rings. The van der Waals surface area contributed by atoms with Gasteiger partial charge in [0, 0.05) is 30.3 Å². The number of benzene rings is 3. The maximum absolute atomic E-state index is 13.1. The maximum Gasteiger partial charge on any atom is 0.251 e. The molecule has 0 bridgehead atoms. The van der Waals surface area contributed by atoms with Crippen molar-refractivity contribution in [2.45, 2.75) is 6.54 Å². The fourth-order valence-electron chi connectivity index (χ4n) is 3.08. The zero-order chi connectivity index (χ0) is 23.7. The normalized spacial score (nSPS) is 11.5. The van der Waals surface area contributed by atoms with Gasteiger partial charge in [0.1, 0.15) is 0 Å². The van der Waals surface area contributed by atoms with E-state index in [2.05, 4.69) is 10.6 Å². The summed E-state index contributed by atoms with van der Waals surface area (Å²) < 4.78 is 27.3. The van der Waals surface area contributed by atoms with Gasteiger partial charge in [-0.1, -0.05) is 66.7 Å². The molecule has 0 aliphatic carbocycles. The minimum absolute atomic E-state index is 0.0357. The zero-order valence-corrected chi connectivity index (χ0v) is 19.0. The minimum Gasteiger partial charge on any atom is -0.355 e. The molecule has 8 heteroatoms. The first-order valence-electron chi connectivity index (χ1n) is 10.3. The molecule has 0 saturated carbocycles. The second-order valence-electron chi connectivity index (χ2n) is 7.22. The highest BCUT2D eigenvalue weighted by atomic mass is 32.2. The molecule has 0 unspecified atom stereocenters. The quantitative estimate of drug-likeness (QED) is 0.508. The molecule has 2 N–H and O–H groups in total. The first-order chi connectivity index (χ1) is 15.9. The van der Waals surface area contributed by atoms with Crippen molar-refractivity contribution in [3.8, 4) is 0 Å². The van der Waals surface area contributed by atoms with Gasteiger partial charge in [-0.3, -0.25) is 9.59 Å². The monoisotopic (exact) mass is 463 g/mol. The molecular weight excluding hydrogens is 438 g/mol. The number of rotatable bonds is 9. The molecule has 0 aromatic heterocycles. The summed E-state index contributed by atoms with van der Waals surface area (Å²) in [7, 11) is -2.39. The molecule has 3 aromatic carbocycles. The standard InChI is InChI=1S/C25H25N3O4S/c1-26-25(30)22-13-8-14-23(17-22)27-24(29)19-28(18-21-11-6-3-7-12-21)33(31,32)16-15-20-9-4-2-5-10-20/h2-17H,18-19H2,1H3,(H,26,30)(H,27,29)/b16-15+. The third-order valence-electron chi connectivity index (χ3n) is 4.75. The number of anilines is 1. The van der Waals surface area contributed by atoms with E-state index in [-0.39, 0.29) is 19.0 Å². The van der Waals surface area contributed by atoms with Gasteiger partial charge < -0.3 is 10.6 Å². The molecule has 0 saturated heterocycles. The highest BCUT2D eigenvalue weighted by Crippen LogP contribution is 2.15. The first-order valence-corrected chi connectivity index (χ1v) is 11.8. The lowest BCUT2D eigenvalue weighted by Gasteiger charge is -2.20. The molecule has 0 radical (unpaired) electrons. The van der Waals surface area contributed by atoms with Gasteiger partial charge in [0.05, 0.1) is 6.54 Å². The van der Waals surface area contributed by atoms with Crippen LogP contribution in [0.2, 0.25) is 0 Å². The fourth-order valence-corrected chi connectivity index (χ4v) is 4.21. The van der Waals surface area contributed by atoms with Crippen LogP contribution in [-0.4, -0.2) is 38.1 Å². The number of hydrogen-bond acceptors (Lipinski definition) is 4. The van der Waals surface area contributed by atoms with Crippen molar-refractivity contribution in [1.29, 1.82) is 0 Å². The van der Waals surface area contributed by atoms with E-state index in [9.17, 15) is 18.0 Å². The summed E-state index contributed by atoms with van der Waals surface area (Å²) in [5.74, 6) is -0.804. The summed E-state index contributed by atoms with van der Waals surface area (Å²) in [4.78, 5) is 24.6. The Morgan fingerprint density at radius 3 is 2.24 bits per heavy atom. The van der Waals surface area contributed by atoms with Gasteiger partial charge in [-0.2, -0.15) is 4.31 Å². The van der Waals surface area contributed by atoms with Gasteiger partial charge in [0.15, 0.2) is 0 Å². The maximum atomic E-state index is 13.1. The van der Waals surface area contributed by atoms with Gasteiger partial charge in [0.25, 0.3) is 5.91 Å². The van der Waals surface area contributed by atoms with Crippen LogP contribution in [0.5, 0.6) is 0 Å². The molecule has 0 atom stereocenters. The van der Waals surface area contributed by atoms with E-state index >= 15 is 0 Å². The van der Waals surface area contributed by atoms with Crippen LogP contribution in [0, 0.1) is 0 Å². The third-order valence-corrected chi connectivity index (χ3v) is 6.21. The van der Waals surface area contributed by atoms with Crippen molar-refractivity contribution in [3.05, 3.63) is 107 Å². The van der Waals surface area contributed by atoms with Crippen LogP contribution in [0.3, 0.4) is 0 Å². The molecule has 0 heterocycles. The van der Waals surface area contributed by atoms with Crippen LogP contribution in [0.4, 0.5) is 5.69 Å². The van der Waals surface area contributed by atoms with E-state index in [4.69, 9.17) is 0 Å². The lowest BCUT2D eigenvalue weighted by molar-refractivity contribution is -0.116. The summed E-state index contributed by atoms with van der Waals surface area (Å²) in [6.07, 6.45) is 1.50. The molecule has 33 heavy (non-hydrogen) atoms. The highest BCUT2D eigenvalue weighted by molar-refractivity contribution is 7.92. The van der Waals surface area contributed by atoms with E-state index in [0.29, 0.717) is 11.3 Å². The number of nitrogens with zero attached hydrogens (tertiary/aromatic N) is 1. The summed E-state index contributed by atoms with van der Waals surface area (Å²) in [5, 5.41) is 6.30. The number of nitrogens with one attached hydrogen (secondary N) is 2. The van der Waals surface area contributed by atoms with E-state index in [0.717, 1.165) is 20.8 Å². The predicted octanol–water partition coefficient (Wildman–Crippen LogP) is 3.49. The summed E-state index contributed by atoms with van der Waals surface area (Å²) in [6.45, 7) is -0.353. The van der Waals surface area contributed by atoms with Gasteiger partial charge in [-0.25, -0.2) is 8.42 Å². The van der Waals surface area contributed by atoms with E-state index in [1.54, 1.807) is 42.5 Å². The van der Waals surface area contributed by atoms with Crippen molar-refractivity contribution in [2.24, 2.45) is 0 Å². The molecule has 3 rings (SSSR count). The van der Waals surface area contributed by atoms with Gasteiger partial charge in [-0.05, 0) is 35.4 Å². The molecule has 0 aliphatic rings. The lowest BCUT2D eigenvalue weighted by atomic mass is 10.2. The molecular formula is C25H25N3O4S. The molecule has 2 amide bonds. The number of hydrogen-bond donors (Lipinski definition) is 2. The lowest BCUT2D eigenvalue weighted by Crippen LogP contribution is -2.36. The SMILES string of the molecule is CNC(=O)c1cccc(NC(=O)CN(Cc2ccccc2)S(=O)(=O)/C=C/c2ccccc2)c1. The summed E-state index contributed by atoms with van der Waals surface area (Å²) >= 11 is 0. The van der Waals surface area contributed by atoms with Gasteiger partial charge >= 0.3 is 0 Å². The second-order valence-corrected chi connectivity index (χ2v) is 9.04. The highest BCUT2D eigenvalue weighted by Gasteiger charge is 2.23. The van der Waals surface area contributed by atoms with E-state index < -0.39 is 15.9 Å². The van der Waals surface area contributed by atoms with Crippen LogP contribution >= 0.6 is 0 Å². The number of amides is 2. The summed E-state index contributed by atoms with van der Waals surface area (Å²) in [6, 6.07) is 24.5. The zero-order valence-electron chi connectivity index (χ0n) is 18.1. The van der Waals surface area contributed by atoms with Crippen molar-refractivity contribution in [2.75, 3.05) is 18.9 Å². The number of sulfonamides is 1.